The molecule has 0 aromatic heterocycles. The second-order valence-corrected chi connectivity index (χ2v) is 20.4. The van der Waals surface area contributed by atoms with E-state index in [1.807, 2.05) is 5.32 Å². The van der Waals surface area contributed by atoms with Gasteiger partial charge in [0.05, 0.1) is 25.3 Å². The van der Waals surface area contributed by atoms with Crippen LogP contribution in [-0.4, -0.2) is 170 Å². The minimum Gasteiger partial charge on any atom is -0.481 e. The van der Waals surface area contributed by atoms with Crippen LogP contribution in [0.3, 0.4) is 0 Å². The van der Waals surface area contributed by atoms with Gasteiger partial charge < -0.3 is 85.5 Å². The summed E-state index contributed by atoms with van der Waals surface area (Å²) in [5, 5.41) is 58.9. The Morgan fingerprint density at radius 3 is 1.01 bits per heavy atom. The number of carboxylic acids is 4. The number of carbonyl (C=O) groups is 15. The molecule has 0 rings (SSSR count). The van der Waals surface area contributed by atoms with E-state index in [9.17, 15) is 87.2 Å². The topological polar surface area (TPSA) is 523 Å². The van der Waals surface area contributed by atoms with Crippen molar-refractivity contribution in [2.45, 2.75) is 193 Å². The van der Waals surface area contributed by atoms with E-state index in [0.29, 0.717) is 0 Å². The Morgan fingerprint density at radius 2 is 0.675 bits per heavy atom. The van der Waals surface area contributed by atoms with Crippen LogP contribution in [0.5, 0.6) is 0 Å². The van der Waals surface area contributed by atoms with E-state index in [4.69, 9.17) is 22.3 Å². The number of hydrogen-bond donors (Lipinski definition) is 16. The van der Waals surface area contributed by atoms with Crippen molar-refractivity contribution in [1.82, 2.24) is 47.9 Å². The SMILES string of the molecule is CC[C@H](C)[C@H](NC(=O)[C@H](CC(N)=O)NC(=O)[C@@H](NC(=O)[C@H](CC(=O)O)NC(=O)[C@H](CC(C)C)NC(=O)[C@H](CC(C)C)NC(=O)[C@H](CCC(=O)O)NC(=O)[C@H](CCC(N)=O)NC(=O)[C@H](C)N)[C@@H](C)CC)C(=O)N[C@@H](CC(=O)O)C(=O)O. The maximum absolute atomic E-state index is 14.1. The molecule has 0 aromatic carbocycles. The maximum Gasteiger partial charge on any atom is 0.326 e. The molecule has 19 N–H and O–H groups in total. The molecular weight excluding hydrogens is 1060 g/mol. The molecule has 0 saturated heterocycles. The standard InChI is InChI=1S/C49H82N12O19/c1-10-23(7)38(47(77)58-30(18-34(52)63)45(75)60-39(24(8)11-2)48(78)59-32(49(79)80)20-37(68)69)61-46(76)31(19-36(66)67)57-44(74)29(17-22(5)6)56-43(73)28(16-21(3)4)55-42(72)27(13-15-35(64)65)54-41(71)26(12-14-33(51)62)53-40(70)25(9)50/h21-32,38-39H,10-20,50H2,1-9H3,(H2,51,62)(H2,52,63)(H,53,70)(H,54,71)(H,55,72)(H,56,73)(H,57,74)(H,58,77)(H,59,78)(H,60,75)(H,61,76)(H,64,65)(H,66,67)(H,68,69)(H,79,80)/t23-,24-,25-,26-,27-,28-,29-,30-,31-,32-,38-,39-/m0/s1. The molecule has 0 aliphatic heterocycles. The number of carbonyl (C=O) groups excluding carboxylic acids is 11. The average Bonchev–Trinajstić information content (AvgIpc) is 3.34. The van der Waals surface area contributed by atoms with E-state index in [1.54, 1.807) is 41.5 Å². The average molecular weight is 1140 g/mol. The third-order valence-corrected chi connectivity index (χ3v) is 12.3. The fourth-order valence-corrected chi connectivity index (χ4v) is 7.49. The van der Waals surface area contributed by atoms with Crippen LogP contribution in [-0.2, 0) is 71.9 Å². The lowest BCUT2D eigenvalue weighted by Gasteiger charge is -2.30. The molecule has 0 aliphatic carbocycles. The normalized spacial score (nSPS) is 15.6. The fourth-order valence-electron chi connectivity index (χ4n) is 7.49. The number of carboxylic acid groups (broad SMARTS) is 4. The highest BCUT2D eigenvalue weighted by molar-refractivity contribution is 6.00. The molecule has 0 saturated carbocycles. The number of hydrogen-bond acceptors (Lipinski definition) is 16. The van der Waals surface area contributed by atoms with E-state index in [-0.39, 0.29) is 43.9 Å². The van der Waals surface area contributed by atoms with Crippen LogP contribution < -0.4 is 65.1 Å². The van der Waals surface area contributed by atoms with Crippen LogP contribution >= 0.6 is 0 Å². The van der Waals surface area contributed by atoms with Crippen molar-refractivity contribution in [2.75, 3.05) is 0 Å². The summed E-state index contributed by atoms with van der Waals surface area (Å²) in [5.74, 6) is -20.2. The van der Waals surface area contributed by atoms with Crippen molar-refractivity contribution >= 4 is 88.9 Å². The first-order valence-corrected chi connectivity index (χ1v) is 26.0. The molecule has 31 nitrogen and oxygen atoms in total. The Hall–Kier alpha value is -7.99. The summed E-state index contributed by atoms with van der Waals surface area (Å²) in [6, 6.07) is -16.2. The van der Waals surface area contributed by atoms with Gasteiger partial charge in [-0.3, -0.25) is 67.1 Å². The number of nitrogens with two attached hydrogens (primary N) is 3. The Balaban J connectivity index is 6.90. The van der Waals surface area contributed by atoms with Gasteiger partial charge in [0.2, 0.25) is 65.0 Å². The highest BCUT2D eigenvalue weighted by Gasteiger charge is 2.38. The van der Waals surface area contributed by atoms with Crippen molar-refractivity contribution in [3.63, 3.8) is 0 Å². The molecule has 31 heteroatoms. The van der Waals surface area contributed by atoms with Gasteiger partial charge in [-0.15, -0.1) is 0 Å². The Morgan fingerprint density at radius 1 is 0.362 bits per heavy atom. The second-order valence-electron chi connectivity index (χ2n) is 20.4. The second kappa shape index (κ2) is 35.5. The molecule has 80 heavy (non-hydrogen) atoms. The summed E-state index contributed by atoms with van der Waals surface area (Å²) >= 11 is 0. The first-order chi connectivity index (χ1) is 37.0. The smallest absolute Gasteiger partial charge is 0.326 e. The molecule has 0 fully saturated rings. The van der Waals surface area contributed by atoms with Crippen LogP contribution in [0.2, 0.25) is 0 Å². The Kier molecular flexibility index (Phi) is 32.0. The Labute approximate surface area is 462 Å². The number of aliphatic carboxylic acids is 4. The zero-order valence-electron chi connectivity index (χ0n) is 46.5. The van der Waals surface area contributed by atoms with Crippen LogP contribution in [0.15, 0.2) is 0 Å². The zero-order chi connectivity index (χ0) is 61.9. The number of rotatable bonds is 39. The first kappa shape index (κ1) is 72.0. The zero-order valence-corrected chi connectivity index (χ0v) is 46.5. The lowest BCUT2D eigenvalue weighted by Crippen LogP contribution is -2.62. The van der Waals surface area contributed by atoms with Crippen molar-refractivity contribution in [2.24, 2.45) is 40.9 Å². The van der Waals surface area contributed by atoms with Gasteiger partial charge in [-0.1, -0.05) is 68.2 Å². The van der Waals surface area contributed by atoms with Crippen molar-refractivity contribution in [3.05, 3.63) is 0 Å². The van der Waals surface area contributed by atoms with Crippen molar-refractivity contribution < 1.29 is 92.3 Å². The third kappa shape index (κ3) is 27.5. The minimum atomic E-state index is -1.96. The molecule has 0 heterocycles. The summed E-state index contributed by atoms with van der Waals surface area (Å²) in [5.41, 5.74) is 16.3. The van der Waals surface area contributed by atoms with E-state index in [2.05, 4.69) is 42.5 Å². The lowest BCUT2D eigenvalue weighted by molar-refractivity contribution is -0.147. The van der Waals surface area contributed by atoms with Gasteiger partial charge in [0.1, 0.15) is 54.4 Å². The van der Waals surface area contributed by atoms with Crippen LogP contribution in [0.25, 0.3) is 0 Å². The molecule has 12 atom stereocenters. The molecule has 0 spiro atoms. The van der Waals surface area contributed by atoms with Gasteiger partial charge in [0.15, 0.2) is 0 Å². The molecule has 0 bridgehead atoms. The maximum atomic E-state index is 14.1. The minimum absolute atomic E-state index is 0.112. The summed E-state index contributed by atoms with van der Waals surface area (Å²) < 4.78 is 0. The van der Waals surface area contributed by atoms with Crippen LogP contribution in [0.4, 0.5) is 0 Å². The van der Waals surface area contributed by atoms with Gasteiger partial charge in [-0.05, 0) is 56.3 Å². The van der Waals surface area contributed by atoms with Gasteiger partial charge in [0, 0.05) is 12.8 Å². The van der Waals surface area contributed by atoms with Gasteiger partial charge in [0.25, 0.3) is 0 Å². The van der Waals surface area contributed by atoms with E-state index >= 15 is 0 Å². The highest BCUT2D eigenvalue weighted by atomic mass is 16.4. The number of amides is 11. The van der Waals surface area contributed by atoms with Gasteiger partial charge in [-0.2, -0.15) is 0 Å². The molecule has 0 unspecified atom stereocenters. The lowest BCUT2D eigenvalue weighted by atomic mass is 9.96. The summed E-state index contributed by atoms with van der Waals surface area (Å²) in [6.45, 7) is 14.1. The largest absolute Gasteiger partial charge is 0.481 e. The quantitative estimate of drug-likeness (QED) is 0.0278. The van der Waals surface area contributed by atoms with E-state index in [1.165, 1.54) is 20.8 Å². The summed E-state index contributed by atoms with van der Waals surface area (Å²) in [6.07, 6.45) is -4.85. The van der Waals surface area contributed by atoms with E-state index in [0.717, 1.165) is 0 Å². The first-order valence-electron chi connectivity index (χ1n) is 26.0. The highest BCUT2D eigenvalue weighted by Crippen LogP contribution is 2.15. The fraction of sp³-hybridized carbons (Fsp3) is 0.694. The Bertz CT molecular complexity index is 2240. The predicted octanol–water partition coefficient (Wildman–Crippen LogP) is -4.08. The summed E-state index contributed by atoms with van der Waals surface area (Å²) in [7, 11) is 0. The summed E-state index contributed by atoms with van der Waals surface area (Å²) in [4.78, 5) is 194. The molecule has 0 radical (unpaired) electrons. The van der Waals surface area contributed by atoms with Crippen LogP contribution in [0, 0.1) is 23.7 Å². The van der Waals surface area contributed by atoms with E-state index < -0.39 is 200 Å². The van der Waals surface area contributed by atoms with Crippen molar-refractivity contribution in [1.29, 1.82) is 0 Å². The van der Waals surface area contributed by atoms with Gasteiger partial charge >= 0.3 is 23.9 Å². The molecule has 11 amide bonds. The number of primary amides is 2. The molecular formula is C49H82N12O19. The van der Waals surface area contributed by atoms with Crippen LogP contribution in [0.1, 0.15) is 133 Å². The monoisotopic (exact) mass is 1140 g/mol. The molecule has 452 valence electrons. The molecule has 0 aliphatic rings. The predicted molar refractivity (Wildman–Crippen MR) is 280 cm³/mol. The third-order valence-electron chi connectivity index (χ3n) is 12.3. The number of nitrogens with one attached hydrogen (secondary N) is 9. The van der Waals surface area contributed by atoms with Crippen molar-refractivity contribution in [3.8, 4) is 0 Å². The molecule has 0 aromatic rings. The van der Waals surface area contributed by atoms with Gasteiger partial charge in [-0.25, -0.2) is 4.79 Å².